The van der Waals surface area contributed by atoms with E-state index in [2.05, 4.69) is 16.8 Å². The Morgan fingerprint density at radius 2 is 1.71 bits per heavy atom. The quantitative estimate of drug-likeness (QED) is 0.756. The first-order chi connectivity index (χ1) is 11.5. The smallest absolute Gasteiger partial charge is 0.256 e. The molecule has 1 saturated heterocycles. The summed E-state index contributed by atoms with van der Waals surface area (Å²) in [6.45, 7) is 3.49. The number of rotatable bonds is 2. The van der Waals surface area contributed by atoms with Crippen molar-refractivity contribution in [3.63, 3.8) is 0 Å². The maximum atomic E-state index is 12.8. The average Bonchev–Trinajstić information content (AvgIpc) is 2.65. The Kier molecular flexibility index (Phi) is 4.64. The molecule has 0 N–H and O–H groups in total. The molecule has 1 fully saturated rings. The van der Waals surface area contributed by atoms with Crippen molar-refractivity contribution in [3.8, 4) is 0 Å². The molecule has 0 aliphatic carbocycles. The first-order valence-electron chi connectivity index (χ1n) is 8.08. The van der Waals surface area contributed by atoms with E-state index >= 15 is 0 Å². The molecule has 2 heterocycles. The SMILES string of the molecule is CN1CCN(CC(=O)N2C(=O)CN(C)C(=O)c3ccccc32)CC1. The summed E-state index contributed by atoms with van der Waals surface area (Å²) in [5.74, 6) is -0.885. The molecule has 0 bridgehead atoms. The van der Waals surface area contributed by atoms with Crippen molar-refractivity contribution in [1.29, 1.82) is 0 Å². The first-order valence-corrected chi connectivity index (χ1v) is 8.08. The van der Waals surface area contributed by atoms with Crippen LogP contribution in [0, 0.1) is 0 Å². The van der Waals surface area contributed by atoms with Crippen molar-refractivity contribution >= 4 is 23.4 Å². The van der Waals surface area contributed by atoms with Crippen LogP contribution in [0.25, 0.3) is 0 Å². The fourth-order valence-corrected chi connectivity index (χ4v) is 3.08. The topological polar surface area (TPSA) is 64.2 Å². The van der Waals surface area contributed by atoms with Gasteiger partial charge < -0.3 is 9.80 Å². The second-order valence-corrected chi connectivity index (χ2v) is 6.38. The van der Waals surface area contributed by atoms with E-state index in [4.69, 9.17) is 0 Å². The average molecular weight is 330 g/mol. The third kappa shape index (κ3) is 3.18. The highest BCUT2D eigenvalue weighted by molar-refractivity contribution is 6.21. The molecule has 0 unspecified atom stereocenters. The van der Waals surface area contributed by atoms with Crippen LogP contribution < -0.4 is 4.90 Å². The van der Waals surface area contributed by atoms with Gasteiger partial charge in [-0.25, -0.2) is 4.90 Å². The van der Waals surface area contributed by atoms with Gasteiger partial charge in [0, 0.05) is 33.2 Å². The summed E-state index contributed by atoms with van der Waals surface area (Å²) in [4.78, 5) is 44.5. The van der Waals surface area contributed by atoms with E-state index in [1.165, 1.54) is 9.80 Å². The lowest BCUT2D eigenvalue weighted by atomic mass is 10.1. The molecule has 2 aliphatic rings. The number of amides is 3. The van der Waals surface area contributed by atoms with Gasteiger partial charge in [-0.05, 0) is 19.2 Å². The lowest BCUT2D eigenvalue weighted by Crippen LogP contribution is -2.50. The lowest BCUT2D eigenvalue weighted by Gasteiger charge is -2.33. The molecule has 128 valence electrons. The molecular weight excluding hydrogens is 308 g/mol. The van der Waals surface area contributed by atoms with Crippen molar-refractivity contribution < 1.29 is 14.4 Å². The molecule has 0 saturated carbocycles. The first kappa shape index (κ1) is 16.6. The number of hydrogen-bond donors (Lipinski definition) is 0. The largest absolute Gasteiger partial charge is 0.332 e. The van der Waals surface area contributed by atoms with E-state index in [1.54, 1.807) is 31.3 Å². The highest BCUT2D eigenvalue weighted by Gasteiger charge is 2.34. The fraction of sp³-hybridized carbons (Fsp3) is 0.471. The standard InChI is InChI=1S/C17H22N4O3/c1-18-7-9-20(10-8-18)12-16(23)21-14-6-4-3-5-13(14)17(24)19(2)11-15(21)22/h3-6H,7-12H2,1-2H3. The molecule has 0 radical (unpaired) electrons. The van der Waals surface area contributed by atoms with Crippen LogP contribution in [0.2, 0.25) is 0 Å². The van der Waals surface area contributed by atoms with Gasteiger partial charge in [0.1, 0.15) is 6.54 Å². The number of carbonyl (C=O) groups excluding carboxylic acids is 3. The van der Waals surface area contributed by atoms with Crippen LogP contribution in [0.4, 0.5) is 5.69 Å². The number of para-hydroxylation sites is 1. The number of piperazine rings is 1. The van der Waals surface area contributed by atoms with Crippen molar-refractivity contribution in [2.75, 3.05) is 58.3 Å². The van der Waals surface area contributed by atoms with E-state index in [0.29, 0.717) is 11.3 Å². The van der Waals surface area contributed by atoms with Crippen LogP contribution in [-0.4, -0.2) is 85.8 Å². The van der Waals surface area contributed by atoms with Gasteiger partial charge in [0.15, 0.2) is 0 Å². The number of fused-ring (bicyclic) bond motifs is 1. The van der Waals surface area contributed by atoms with Crippen LogP contribution in [0.15, 0.2) is 24.3 Å². The maximum Gasteiger partial charge on any atom is 0.256 e. The molecule has 24 heavy (non-hydrogen) atoms. The highest BCUT2D eigenvalue weighted by atomic mass is 16.2. The van der Waals surface area contributed by atoms with Crippen LogP contribution in [0.5, 0.6) is 0 Å². The van der Waals surface area contributed by atoms with Crippen molar-refractivity contribution in [1.82, 2.24) is 14.7 Å². The number of likely N-dealkylation sites (N-methyl/N-ethyl adjacent to an activating group) is 2. The molecule has 0 atom stereocenters. The van der Waals surface area contributed by atoms with Gasteiger partial charge >= 0.3 is 0 Å². The summed E-state index contributed by atoms with van der Waals surface area (Å²) in [7, 11) is 3.63. The summed E-state index contributed by atoms with van der Waals surface area (Å²) in [6.07, 6.45) is 0. The zero-order chi connectivity index (χ0) is 17.3. The van der Waals surface area contributed by atoms with Crippen molar-refractivity contribution in [3.05, 3.63) is 29.8 Å². The summed E-state index contributed by atoms with van der Waals surface area (Å²) >= 11 is 0. The summed E-state index contributed by atoms with van der Waals surface area (Å²) in [6, 6.07) is 6.79. The molecule has 0 spiro atoms. The van der Waals surface area contributed by atoms with Crippen LogP contribution in [0.3, 0.4) is 0 Å². The number of benzene rings is 1. The zero-order valence-electron chi connectivity index (χ0n) is 14.1. The van der Waals surface area contributed by atoms with Crippen molar-refractivity contribution in [2.24, 2.45) is 0 Å². The fourth-order valence-electron chi connectivity index (χ4n) is 3.08. The number of carbonyl (C=O) groups is 3. The minimum absolute atomic E-state index is 0.0952. The summed E-state index contributed by atoms with van der Waals surface area (Å²) in [5.41, 5.74) is 0.772. The minimum atomic E-state index is -0.366. The highest BCUT2D eigenvalue weighted by Crippen LogP contribution is 2.25. The van der Waals surface area contributed by atoms with Gasteiger partial charge in [0.05, 0.1) is 17.8 Å². The normalized spacial score (nSPS) is 20.1. The van der Waals surface area contributed by atoms with Gasteiger partial charge in [-0.3, -0.25) is 19.3 Å². The number of imide groups is 1. The predicted molar refractivity (Wildman–Crippen MR) is 89.8 cm³/mol. The molecule has 3 rings (SSSR count). The second-order valence-electron chi connectivity index (χ2n) is 6.38. The van der Waals surface area contributed by atoms with E-state index in [0.717, 1.165) is 26.2 Å². The molecule has 1 aromatic rings. The van der Waals surface area contributed by atoms with Gasteiger partial charge in [-0.1, -0.05) is 12.1 Å². The number of anilines is 1. The van der Waals surface area contributed by atoms with Gasteiger partial charge in [-0.15, -0.1) is 0 Å². The predicted octanol–water partition coefficient (Wildman–Crippen LogP) is -0.121. The van der Waals surface area contributed by atoms with Gasteiger partial charge in [-0.2, -0.15) is 0 Å². The van der Waals surface area contributed by atoms with Gasteiger partial charge in [0.2, 0.25) is 5.91 Å². The molecule has 1 aromatic carbocycles. The Morgan fingerprint density at radius 1 is 1.04 bits per heavy atom. The summed E-state index contributed by atoms with van der Waals surface area (Å²) < 4.78 is 0. The molecule has 2 aliphatic heterocycles. The maximum absolute atomic E-state index is 12.8. The Labute approximate surface area is 141 Å². The molecular formula is C17H22N4O3. The van der Waals surface area contributed by atoms with E-state index in [9.17, 15) is 14.4 Å². The minimum Gasteiger partial charge on any atom is -0.332 e. The monoisotopic (exact) mass is 330 g/mol. The lowest BCUT2D eigenvalue weighted by molar-refractivity contribution is -0.127. The van der Waals surface area contributed by atoms with E-state index < -0.39 is 0 Å². The number of nitrogens with zero attached hydrogens (tertiary/aromatic N) is 4. The third-order valence-electron chi connectivity index (χ3n) is 4.55. The van der Waals surface area contributed by atoms with Crippen molar-refractivity contribution in [2.45, 2.75) is 0 Å². The Balaban J connectivity index is 1.85. The van der Waals surface area contributed by atoms with E-state index in [-0.39, 0.29) is 30.8 Å². The van der Waals surface area contributed by atoms with Crippen LogP contribution in [-0.2, 0) is 9.59 Å². The third-order valence-corrected chi connectivity index (χ3v) is 4.55. The Hall–Kier alpha value is -2.25. The van der Waals surface area contributed by atoms with Crippen LogP contribution in [0.1, 0.15) is 10.4 Å². The van der Waals surface area contributed by atoms with Gasteiger partial charge in [0.25, 0.3) is 11.8 Å². The second kappa shape index (κ2) is 6.70. The molecule has 3 amide bonds. The zero-order valence-corrected chi connectivity index (χ0v) is 14.1. The molecule has 7 nitrogen and oxygen atoms in total. The Bertz CT molecular complexity index is 668. The Morgan fingerprint density at radius 3 is 2.42 bits per heavy atom. The summed E-state index contributed by atoms with van der Waals surface area (Å²) in [5, 5.41) is 0. The van der Waals surface area contributed by atoms with Crippen LogP contribution >= 0.6 is 0 Å². The molecule has 7 heteroatoms. The van der Waals surface area contributed by atoms with E-state index in [1.807, 2.05) is 0 Å². The molecule has 0 aromatic heterocycles. The number of hydrogen-bond acceptors (Lipinski definition) is 5.